The minimum atomic E-state index is 0.0142. The van der Waals surface area contributed by atoms with Crippen molar-refractivity contribution in [2.24, 2.45) is 0 Å². The number of rotatable bonds is 9. The number of benzene rings is 3. The molecular weight excluding hydrogens is 502 g/mol. The predicted molar refractivity (Wildman–Crippen MR) is 158 cm³/mol. The zero-order chi connectivity index (χ0) is 26.4. The van der Waals surface area contributed by atoms with Crippen molar-refractivity contribution in [1.82, 2.24) is 20.2 Å². The summed E-state index contributed by atoms with van der Waals surface area (Å²) in [5.74, 6) is 1.69. The molecule has 2 heterocycles. The molecule has 1 amide bonds. The van der Waals surface area contributed by atoms with Crippen LogP contribution in [0.2, 0.25) is 0 Å². The van der Waals surface area contributed by atoms with E-state index in [1.165, 1.54) is 5.56 Å². The molecule has 3 aromatic carbocycles. The summed E-state index contributed by atoms with van der Waals surface area (Å²) >= 11 is 1.62. The van der Waals surface area contributed by atoms with Gasteiger partial charge in [-0.25, -0.2) is 9.97 Å². The van der Waals surface area contributed by atoms with Crippen LogP contribution in [0.4, 0.5) is 5.82 Å². The van der Waals surface area contributed by atoms with Crippen LogP contribution in [-0.4, -0.2) is 53.0 Å². The van der Waals surface area contributed by atoms with Gasteiger partial charge in [-0.15, -0.1) is 0 Å². The molecule has 1 aliphatic heterocycles. The SMILES string of the molecule is O=C(NC1CC1)c1cccc(CSc2nc(-c3ccccc3)cc(N3CCN(Cc4ccccc4)CC3)n2)c1. The molecule has 6 rings (SSSR count). The molecule has 1 aromatic heterocycles. The minimum Gasteiger partial charge on any atom is -0.354 e. The smallest absolute Gasteiger partial charge is 0.251 e. The molecule has 1 saturated carbocycles. The normalized spacial score (nSPS) is 15.7. The Balaban J connectivity index is 1.17. The zero-order valence-electron chi connectivity index (χ0n) is 22.0. The number of piperazine rings is 1. The minimum absolute atomic E-state index is 0.0142. The van der Waals surface area contributed by atoms with E-state index in [1.807, 2.05) is 36.4 Å². The van der Waals surface area contributed by atoms with Gasteiger partial charge in [0.15, 0.2) is 5.16 Å². The molecular formula is C32H33N5OS. The number of amides is 1. The summed E-state index contributed by atoms with van der Waals surface area (Å²) in [5.41, 5.74) is 5.19. The van der Waals surface area contributed by atoms with Crippen molar-refractivity contribution in [3.8, 4) is 11.3 Å². The summed E-state index contributed by atoms with van der Waals surface area (Å²) in [6.07, 6.45) is 2.17. The first kappa shape index (κ1) is 25.6. The lowest BCUT2D eigenvalue weighted by atomic mass is 10.1. The van der Waals surface area contributed by atoms with Crippen molar-refractivity contribution >= 4 is 23.5 Å². The molecule has 7 heteroatoms. The van der Waals surface area contributed by atoms with Crippen LogP contribution >= 0.6 is 11.8 Å². The van der Waals surface area contributed by atoms with E-state index in [0.717, 1.165) is 73.4 Å². The van der Waals surface area contributed by atoms with Gasteiger partial charge in [0.05, 0.1) is 5.69 Å². The molecule has 2 fully saturated rings. The molecule has 1 N–H and O–H groups in total. The summed E-state index contributed by atoms with van der Waals surface area (Å²) in [6, 6.07) is 31.3. The second kappa shape index (κ2) is 12.0. The number of aromatic nitrogens is 2. The van der Waals surface area contributed by atoms with Crippen molar-refractivity contribution in [2.45, 2.75) is 36.3 Å². The molecule has 0 spiro atoms. The monoisotopic (exact) mass is 535 g/mol. The molecule has 198 valence electrons. The Labute approximate surface area is 234 Å². The average Bonchev–Trinajstić information content (AvgIpc) is 3.81. The van der Waals surface area contributed by atoms with Gasteiger partial charge >= 0.3 is 0 Å². The van der Waals surface area contributed by atoms with Crippen molar-refractivity contribution in [1.29, 1.82) is 0 Å². The second-order valence-electron chi connectivity index (χ2n) is 10.2. The number of carbonyl (C=O) groups excluding carboxylic acids is 1. The van der Waals surface area contributed by atoms with Crippen molar-refractivity contribution in [2.75, 3.05) is 31.1 Å². The van der Waals surface area contributed by atoms with Gasteiger partial charge in [-0.1, -0.05) is 84.6 Å². The van der Waals surface area contributed by atoms with Crippen LogP contribution in [0, 0.1) is 0 Å². The van der Waals surface area contributed by atoms with E-state index >= 15 is 0 Å². The lowest BCUT2D eigenvalue weighted by Crippen LogP contribution is -2.46. The number of hydrogen-bond donors (Lipinski definition) is 1. The van der Waals surface area contributed by atoms with Crippen LogP contribution in [0.25, 0.3) is 11.3 Å². The third kappa shape index (κ3) is 6.85. The van der Waals surface area contributed by atoms with Crippen molar-refractivity contribution < 1.29 is 4.79 Å². The van der Waals surface area contributed by atoms with E-state index in [1.54, 1.807) is 11.8 Å². The average molecular weight is 536 g/mol. The van der Waals surface area contributed by atoms with Crippen LogP contribution in [0.3, 0.4) is 0 Å². The lowest BCUT2D eigenvalue weighted by molar-refractivity contribution is 0.0951. The number of thioether (sulfide) groups is 1. The van der Waals surface area contributed by atoms with Gasteiger partial charge in [0.25, 0.3) is 5.91 Å². The summed E-state index contributed by atoms with van der Waals surface area (Å²) < 4.78 is 0. The predicted octanol–water partition coefficient (Wildman–Crippen LogP) is 5.65. The molecule has 4 aromatic rings. The fourth-order valence-corrected chi connectivity index (χ4v) is 5.62. The Morgan fingerprint density at radius 3 is 2.28 bits per heavy atom. The van der Waals surface area contributed by atoms with Gasteiger partial charge < -0.3 is 10.2 Å². The molecule has 1 saturated heterocycles. The standard InChI is InChI=1S/C32H33N5OS/c38-31(33-28-14-15-28)27-13-7-10-25(20-27)23-39-32-34-29(26-11-5-2-6-12-26)21-30(35-32)37-18-16-36(17-19-37)22-24-8-3-1-4-9-24/h1-13,20-21,28H,14-19,22-23H2,(H,33,38). The molecule has 0 atom stereocenters. The summed E-state index contributed by atoms with van der Waals surface area (Å²) in [4.78, 5) is 27.3. The van der Waals surface area contributed by atoms with Gasteiger partial charge in [-0.2, -0.15) is 0 Å². The highest BCUT2D eigenvalue weighted by molar-refractivity contribution is 7.98. The third-order valence-electron chi connectivity index (χ3n) is 7.18. The van der Waals surface area contributed by atoms with E-state index < -0.39 is 0 Å². The maximum Gasteiger partial charge on any atom is 0.251 e. The van der Waals surface area contributed by atoms with E-state index in [9.17, 15) is 4.79 Å². The number of anilines is 1. The van der Waals surface area contributed by atoms with E-state index in [2.05, 4.69) is 69.7 Å². The van der Waals surface area contributed by atoms with E-state index in [4.69, 9.17) is 9.97 Å². The third-order valence-corrected chi connectivity index (χ3v) is 8.10. The maximum atomic E-state index is 12.5. The highest BCUT2D eigenvalue weighted by Gasteiger charge is 2.24. The van der Waals surface area contributed by atoms with Crippen molar-refractivity contribution in [3.05, 3.63) is 108 Å². The van der Waals surface area contributed by atoms with Crippen LogP contribution in [0.1, 0.15) is 34.3 Å². The molecule has 0 bridgehead atoms. The van der Waals surface area contributed by atoms with Crippen molar-refractivity contribution in [3.63, 3.8) is 0 Å². The number of nitrogens with zero attached hydrogens (tertiary/aromatic N) is 4. The van der Waals surface area contributed by atoms with E-state index in [-0.39, 0.29) is 5.91 Å². The van der Waals surface area contributed by atoms with Gasteiger partial charge in [-0.05, 0) is 36.1 Å². The Morgan fingerprint density at radius 2 is 1.54 bits per heavy atom. The van der Waals surface area contributed by atoms with Gasteiger partial charge in [0, 0.05) is 61.7 Å². The summed E-state index contributed by atoms with van der Waals surface area (Å²) in [7, 11) is 0. The van der Waals surface area contributed by atoms with Crippen LogP contribution in [0.5, 0.6) is 0 Å². The number of hydrogen-bond acceptors (Lipinski definition) is 6. The Morgan fingerprint density at radius 1 is 0.821 bits per heavy atom. The molecule has 6 nitrogen and oxygen atoms in total. The Bertz CT molecular complexity index is 1400. The molecule has 0 unspecified atom stereocenters. The van der Waals surface area contributed by atoms with Gasteiger partial charge in [-0.3, -0.25) is 9.69 Å². The first-order valence-corrected chi connectivity index (χ1v) is 14.7. The fourth-order valence-electron chi connectivity index (χ4n) is 4.82. The van der Waals surface area contributed by atoms with Gasteiger partial charge in [0.2, 0.25) is 0 Å². The molecule has 39 heavy (non-hydrogen) atoms. The zero-order valence-corrected chi connectivity index (χ0v) is 22.8. The van der Waals surface area contributed by atoms with Crippen LogP contribution in [0.15, 0.2) is 96.2 Å². The van der Waals surface area contributed by atoms with Crippen LogP contribution in [-0.2, 0) is 12.3 Å². The number of carbonyl (C=O) groups is 1. The highest BCUT2D eigenvalue weighted by atomic mass is 32.2. The molecule has 0 radical (unpaired) electrons. The number of nitrogens with one attached hydrogen (secondary N) is 1. The first-order chi connectivity index (χ1) is 19.2. The molecule has 1 aliphatic carbocycles. The maximum absolute atomic E-state index is 12.5. The Hall–Kier alpha value is -3.68. The molecule has 2 aliphatic rings. The lowest BCUT2D eigenvalue weighted by Gasteiger charge is -2.35. The Kier molecular flexibility index (Phi) is 7.88. The fraction of sp³-hybridized carbons (Fsp3) is 0.281. The van der Waals surface area contributed by atoms with E-state index in [0.29, 0.717) is 17.4 Å². The summed E-state index contributed by atoms with van der Waals surface area (Å²) in [6.45, 7) is 4.84. The van der Waals surface area contributed by atoms with Crippen LogP contribution < -0.4 is 10.2 Å². The quantitative estimate of drug-likeness (QED) is 0.221. The largest absolute Gasteiger partial charge is 0.354 e. The highest BCUT2D eigenvalue weighted by Crippen LogP contribution is 2.28. The van der Waals surface area contributed by atoms with Gasteiger partial charge in [0.1, 0.15) is 5.82 Å². The first-order valence-electron chi connectivity index (χ1n) is 13.7. The second-order valence-corrected chi connectivity index (χ2v) is 11.2. The topological polar surface area (TPSA) is 61.4 Å². The summed E-state index contributed by atoms with van der Waals surface area (Å²) in [5, 5.41) is 3.83.